The fourth-order valence-electron chi connectivity index (χ4n) is 2.16. The standard InChI is InChI=1S/C17H17F3N2O/c1-2-3-13-8-10-22(11-9-13)12-16(23)21-15-6-4-14(5-7-15)17(18,19)20/h4-11H,2-3,12H2,1H3/p+1. The lowest BCUT2D eigenvalue weighted by molar-refractivity contribution is -0.684. The number of aromatic nitrogens is 1. The maximum atomic E-state index is 12.5. The van der Waals surface area contributed by atoms with Crippen molar-refractivity contribution in [3.63, 3.8) is 0 Å². The van der Waals surface area contributed by atoms with Crippen LogP contribution in [0.3, 0.4) is 0 Å². The lowest BCUT2D eigenvalue weighted by Crippen LogP contribution is -2.39. The number of anilines is 1. The van der Waals surface area contributed by atoms with E-state index in [0.717, 1.165) is 25.0 Å². The molecule has 1 aromatic carbocycles. The molecule has 1 aromatic heterocycles. The van der Waals surface area contributed by atoms with E-state index in [1.807, 2.05) is 24.5 Å². The smallest absolute Gasteiger partial charge is 0.321 e. The number of alkyl halides is 3. The molecule has 1 N–H and O–H groups in total. The van der Waals surface area contributed by atoms with Gasteiger partial charge in [-0.1, -0.05) is 13.3 Å². The summed E-state index contributed by atoms with van der Waals surface area (Å²) < 4.78 is 39.1. The molecule has 0 radical (unpaired) electrons. The molecule has 0 unspecified atom stereocenters. The second-order valence-electron chi connectivity index (χ2n) is 5.25. The number of amides is 1. The first-order valence-corrected chi connectivity index (χ1v) is 7.33. The molecule has 0 aliphatic carbocycles. The number of halogens is 3. The zero-order chi connectivity index (χ0) is 16.9. The van der Waals surface area contributed by atoms with Crippen LogP contribution in [0.4, 0.5) is 18.9 Å². The van der Waals surface area contributed by atoms with Gasteiger partial charge in [0.2, 0.25) is 6.54 Å². The van der Waals surface area contributed by atoms with Crippen LogP contribution >= 0.6 is 0 Å². The molecular formula is C17H18F3N2O+. The quantitative estimate of drug-likeness (QED) is 0.838. The lowest BCUT2D eigenvalue weighted by atomic mass is 10.1. The third kappa shape index (κ3) is 5.09. The topological polar surface area (TPSA) is 33.0 Å². The maximum absolute atomic E-state index is 12.5. The van der Waals surface area contributed by atoms with Crippen molar-refractivity contribution in [2.75, 3.05) is 5.32 Å². The molecule has 0 aliphatic heterocycles. The van der Waals surface area contributed by atoms with E-state index in [9.17, 15) is 18.0 Å². The highest BCUT2D eigenvalue weighted by Crippen LogP contribution is 2.29. The Kier molecular flexibility index (Phi) is 5.36. The fraction of sp³-hybridized carbons (Fsp3) is 0.294. The van der Waals surface area contributed by atoms with Crippen LogP contribution in [0.2, 0.25) is 0 Å². The van der Waals surface area contributed by atoms with Gasteiger partial charge in [0.1, 0.15) is 0 Å². The van der Waals surface area contributed by atoms with Crippen LogP contribution in [0.1, 0.15) is 24.5 Å². The molecule has 0 atom stereocenters. The third-order valence-corrected chi connectivity index (χ3v) is 3.32. The second kappa shape index (κ2) is 7.26. The molecule has 2 rings (SSSR count). The Hall–Kier alpha value is -2.37. The van der Waals surface area contributed by atoms with Crippen molar-refractivity contribution in [1.82, 2.24) is 0 Å². The lowest BCUT2D eigenvalue weighted by Gasteiger charge is -2.08. The average molecular weight is 323 g/mol. The summed E-state index contributed by atoms with van der Waals surface area (Å²) in [7, 11) is 0. The van der Waals surface area contributed by atoms with Gasteiger partial charge in [0.25, 0.3) is 5.91 Å². The first-order chi connectivity index (χ1) is 10.9. The molecular weight excluding hydrogens is 305 g/mol. The van der Waals surface area contributed by atoms with Gasteiger partial charge in [0, 0.05) is 17.8 Å². The first kappa shape index (κ1) is 17.0. The van der Waals surface area contributed by atoms with Crippen molar-refractivity contribution < 1.29 is 22.5 Å². The van der Waals surface area contributed by atoms with Gasteiger partial charge in [-0.25, -0.2) is 0 Å². The van der Waals surface area contributed by atoms with E-state index in [1.54, 1.807) is 4.57 Å². The summed E-state index contributed by atoms with van der Waals surface area (Å²) in [6.07, 6.45) is 1.30. The molecule has 0 spiro atoms. The number of nitrogens with one attached hydrogen (secondary N) is 1. The highest BCUT2D eigenvalue weighted by molar-refractivity contribution is 5.89. The molecule has 0 fully saturated rings. The van der Waals surface area contributed by atoms with Crippen molar-refractivity contribution >= 4 is 11.6 Å². The summed E-state index contributed by atoms with van der Waals surface area (Å²) in [4.78, 5) is 11.9. The van der Waals surface area contributed by atoms with Crippen LogP contribution < -0.4 is 9.88 Å². The van der Waals surface area contributed by atoms with Crippen LogP contribution in [0, 0.1) is 0 Å². The summed E-state index contributed by atoms with van der Waals surface area (Å²) >= 11 is 0. The van der Waals surface area contributed by atoms with Crippen LogP contribution in [0.25, 0.3) is 0 Å². The van der Waals surface area contributed by atoms with Crippen LogP contribution in [0.15, 0.2) is 48.8 Å². The minimum absolute atomic E-state index is 0.105. The molecule has 0 saturated heterocycles. The predicted octanol–water partition coefficient (Wildman–Crippen LogP) is 3.58. The van der Waals surface area contributed by atoms with Crippen LogP contribution in [0.5, 0.6) is 0 Å². The first-order valence-electron chi connectivity index (χ1n) is 7.33. The number of hydrogen-bond acceptors (Lipinski definition) is 1. The van der Waals surface area contributed by atoms with E-state index in [-0.39, 0.29) is 12.5 Å². The van der Waals surface area contributed by atoms with E-state index < -0.39 is 11.7 Å². The highest BCUT2D eigenvalue weighted by atomic mass is 19.4. The average Bonchev–Trinajstić information content (AvgIpc) is 2.49. The minimum Gasteiger partial charge on any atom is -0.321 e. The molecule has 1 heterocycles. The summed E-state index contributed by atoms with van der Waals surface area (Å²) in [5.74, 6) is -0.294. The molecule has 23 heavy (non-hydrogen) atoms. The number of aryl methyl sites for hydroxylation is 1. The van der Waals surface area contributed by atoms with Gasteiger partial charge in [-0.3, -0.25) is 4.79 Å². The summed E-state index contributed by atoms with van der Waals surface area (Å²) in [5.41, 5.74) is 0.800. The van der Waals surface area contributed by atoms with Gasteiger partial charge in [0.05, 0.1) is 5.56 Å². The number of rotatable bonds is 5. The minimum atomic E-state index is -4.38. The molecule has 0 bridgehead atoms. The molecule has 3 nitrogen and oxygen atoms in total. The molecule has 0 saturated carbocycles. The summed E-state index contributed by atoms with van der Waals surface area (Å²) in [6, 6.07) is 8.29. The number of benzene rings is 1. The zero-order valence-corrected chi connectivity index (χ0v) is 12.7. The van der Waals surface area contributed by atoms with Gasteiger partial charge in [-0.2, -0.15) is 17.7 Å². The number of hydrogen-bond donors (Lipinski definition) is 1. The van der Waals surface area contributed by atoms with E-state index in [0.29, 0.717) is 5.69 Å². The Morgan fingerprint density at radius 2 is 1.70 bits per heavy atom. The van der Waals surface area contributed by atoms with E-state index in [4.69, 9.17) is 0 Å². The summed E-state index contributed by atoms with van der Waals surface area (Å²) in [5, 5.41) is 2.58. The third-order valence-electron chi connectivity index (χ3n) is 3.32. The Morgan fingerprint density at radius 3 is 2.22 bits per heavy atom. The molecule has 6 heteroatoms. The molecule has 2 aromatic rings. The van der Waals surface area contributed by atoms with E-state index in [2.05, 4.69) is 12.2 Å². The number of pyridine rings is 1. The van der Waals surface area contributed by atoms with Crippen molar-refractivity contribution in [1.29, 1.82) is 0 Å². The second-order valence-corrected chi connectivity index (χ2v) is 5.25. The SMILES string of the molecule is CCCc1cc[n+](CC(=O)Nc2ccc(C(F)(F)F)cc2)cc1. The highest BCUT2D eigenvalue weighted by Gasteiger charge is 2.30. The van der Waals surface area contributed by atoms with Crippen molar-refractivity contribution in [3.8, 4) is 0 Å². The Morgan fingerprint density at radius 1 is 1.09 bits per heavy atom. The summed E-state index contributed by atoms with van der Waals surface area (Å²) in [6.45, 7) is 2.20. The van der Waals surface area contributed by atoms with Gasteiger partial charge >= 0.3 is 6.18 Å². The number of nitrogens with zero attached hydrogens (tertiary/aromatic N) is 1. The molecule has 0 aliphatic rings. The Balaban J connectivity index is 1.94. The van der Waals surface area contributed by atoms with Crippen molar-refractivity contribution in [3.05, 3.63) is 59.9 Å². The Bertz CT molecular complexity index is 649. The van der Waals surface area contributed by atoms with Crippen molar-refractivity contribution in [2.45, 2.75) is 32.5 Å². The van der Waals surface area contributed by atoms with Crippen LogP contribution in [-0.4, -0.2) is 5.91 Å². The van der Waals surface area contributed by atoms with Gasteiger partial charge in [0.15, 0.2) is 12.4 Å². The predicted molar refractivity (Wildman–Crippen MR) is 80.7 cm³/mol. The van der Waals surface area contributed by atoms with E-state index >= 15 is 0 Å². The largest absolute Gasteiger partial charge is 0.416 e. The van der Waals surface area contributed by atoms with Crippen molar-refractivity contribution in [2.24, 2.45) is 0 Å². The zero-order valence-electron chi connectivity index (χ0n) is 12.7. The normalized spacial score (nSPS) is 11.3. The fourth-order valence-corrected chi connectivity index (χ4v) is 2.16. The van der Waals surface area contributed by atoms with Gasteiger partial charge in [-0.05, 0) is 36.2 Å². The van der Waals surface area contributed by atoms with E-state index in [1.165, 1.54) is 17.7 Å². The number of carbonyl (C=O) groups excluding carboxylic acids is 1. The number of carbonyl (C=O) groups is 1. The molecule has 122 valence electrons. The van der Waals surface area contributed by atoms with Gasteiger partial charge < -0.3 is 5.32 Å². The Labute approximate surface area is 132 Å². The molecule has 1 amide bonds. The van der Waals surface area contributed by atoms with Crippen LogP contribution in [-0.2, 0) is 23.9 Å². The van der Waals surface area contributed by atoms with Gasteiger partial charge in [-0.15, -0.1) is 0 Å². The monoisotopic (exact) mass is 323 g/mol. The maximum Gasteiger partial charge on any atom is 0.416 e.